The SMILES string of the molecule is O=C(CSc1ccccc1)NC1C(=O)N2C(C(=O)O)=C(C(=O)O)CS[C@H]12. The molecule has 2 atom stereocenters. The van der Waals surface area contributed by atoms with Gasteiger partial charge in [0, 0.05) is 10.6 Å². The van der Waals surface area contributed by atoms with Crippen molar-refractivity contribution in [2.24, 2.45) is 0 Å². The number of rotatable bonds is 6. The van der Waals surface area contributed by atoms with Gasteiger partial charge in [0.15, 0.2) is 0 Å². The molecule has 136 valence electrons. The van der Waals surface area contributed by atoms with E-state index in [2.05, 4.69) is 5.32 Å². The van der Waals surface area contributed by atoms with Crippen LogP contribution in [-0.2, 0) is 19.2 Å². The molecule has 1 unspecified atom stereocenters. The molecular formula is C16H14N2O6S2. The molecule has 0 aliphatic carbocycles. The number of aliphatic carboxylic acids is 2. The third-order valence-electron chi connectivity index (χ3n) is 3.86. The predicted octanol–water partition coefficient (Wildman–Crippen LogP) is 0.602. The highest BCUT2D eigenvalue weighted by atomic mass is 32.2. The molecule has 1 saturated heterocycles. The van der Waals surface area contributed by atoms with Gasteiger partial charge in [0.1, 0.15) is 17.1 Å². The fraction of sp³-hybridized carbons (Fsp3) is 0.250. The van der Waals surface area contributed by atoms with E-state index in [-0.39, 0.29) is 23.0 Å². The standard InChI is InChI=1S/C16H14N2O6S2/c19-10(7-25-8-4-2-1-3-5-8)17-11-13(20)18-12(16(23)24)9(15(21)22)6-26-14(11)18/h1-5,11,14H,6-7H2,(H,17,19)(H,21,22)(H,23,24)/t11?,14-/m1/s1. The van der Waals surface area contributed by atoms with E-state index in [1.54, 1.807) is 0 Å². The quantitative estimate of drug-likeness (QED) is 0.473. The summed E-state index contributed by atoms with van der Waals surface area (Å²) < 4.78 is 0. The molecule has 8 nitrogen and oxygen atoms in total. The highest BCUT2D eigenvalue weighted by Gasteiger charge is 2.54. The first-order chi connectivity index (χ1) is 12.4. The molecule has 0 aromatic heterocycles. The van der Waals surface area contributed by atoms with E-state index < -0.39 is 35.0 Å². The van der Waals surface area contributed by atoms with Crippen LogP contribution in [0.15, 0.2) is 46.5 Å². The molecule has 0 spiro atoms. The zero-order valence-electron chi connectivity index (χ0n) is 13.2. The van der Waals surface area contributed by atoms with Gasteiger partial charge < -0.3 is 15.5 Å². The molecule has 0 saturated carbocycles. The van der Waals surface area contributed by atoms with E-state index in [0.717, 1.165) is 21.6 Å². The van der Waals surface area contributed by atoms with Gasteiger partial charge in [-0.3, -0.25) is 14.5 Å². The zero-order chi connectivity index (χ0) is 18.8. The van der Waals surface area contributed by atoms with Crippen LogP contribution in [0.1, 0.15) is 0 Å². The van der Waals surface area contributed by atoms with Crippen LogP contribution in [0.5, 0.6) is 0 Å². The number of thioether (sulfide) groups is 2. The Hall–Kier alpha value is -2.46. The first kappa shape index (κ1) is 18.3. The number of carbonyl (C=O) groups is 4. The molecule has 3 N–H and O–H groups in total. The Morgan fingerprint density at radius 2 is 1.88 bits per heavy atom. The topological polar surface area (TPSA) is 124 Å². The van der Waals surface area contributed by atoms with Crippen LogP contribution >= 0.6 is 23.5 Å². The number of nitrogens with one attached hydrogen (secondary N) is 1. The van der Waals surface area contributed by atoms with Crippen molar-refractivity contribution in [1.29, 1.82) is 0 Å². The highest BCUT2D eigenvalue weighted by molar-refractivity contribution is 8.00. The summed E-state index contributed by atoms with van der Waals surface area (Å²) in [5.74, 6) is -3.72. The summed E-state index contributed by atoms with van der Waals surface area (Å²) in [5.41, 5.74) is -0.841. The van der Waals surface area contributed by atoms with Crippen LogP contribution < -0.4 is 5.32 Å². The third-order valence-corrected chi connectivity index (χ3v) is 6.15. The lowest BCUT2D eigenvalue weighted by atomic mass is 10.0. The number of hydrogen-bond acceptors (Lipinski definition) is 6. The van der Waals surface area contributed by atoms with E-state index in [9.17, 15) is 24.3 Å². The second-order valence-corrected chi connectivity index (χ2v) is 7.65. The van der Waals surface area contributed by atoms with Crippen molar-refractivity contribution in [3.63, 3.8) is 0 Å². The van der Waals surface area contributed by atoms with E-state index in [4.69, 9.17) is 5.11 Å². The van der Waals surface area contributed by atoms with E-state index in [1.165, 1.54) is 11.8 Å². The zero-order valence-corrected chi connectivity index (χ0v) is 14.9. The van der Waals surface area contributed by atoms with Gasteiger partial charge in [-0.2, -0.15) is 0 Å². The maximum atomic E-state index is 12.3. The molecule has 3 rings (SSSR count). The number of carboxylic acids is 2. The van der Waals surface area contributed by atoms with Crippen molar-refractivity contribution in [3.05, 3.63) is 41.6 Å². The van der Waals surface area contributed by atoms with Crippen LogP contribution in [0.2, 0.25) is 0 Å². The minimum absolute atomic E-state index is 0.0451. The number of hydrogen-bond donors (Lipinski definition) is 3. The van der Waals surface area contributed by atoms with Crippen molar-refractivity contribution in [2.75, 3.05) is 11.5 Å². The molecule has 2 heterocycles. The van der Waals surface area contributed by atoms with Gasteiger partial charge >= 0.3 is 11.9 Å². The van der Waals surface area contributed by atoms with Crippen LogP contribution in [0.4, 0.5) is 0 Å². The molecule has 0 radical (unpaired) electrons. The second kappa shape index (κ2) is 7.42. The van der Waals surface area contributed by atoms with E-state index in [0.29, 0.717) is 0 Å². The smallest absolute Gasteiger partial charge is 0.353 e. The lowest BCUT2D eigenvalue weighted by molar-refractivity contribution is -0.151. The van der Waals surface area contributed by atoms with Crippen molar-refractivity contribution in [2.45, 2.75) is 16.3 Å². The molecule has 1 aromatic carbocycles. The summed E-state index contributed by atoms with van der Waals surface area (Å²) >= 11 is 2.44. The number of amides is 2. The van der Waals surface area contributed by atoms with Gasteiger partial charge in [0.05, 0.1) is 11.3 Å². The van der Waals surface area contributed by atoms with E-state index in [1.807, 2.05) is 30.3 Å². The van der Waals surface area contributed by atoms with Crippen molar-refractivity contribution >= 4 is 47.3 Å². The highest BCUT2D eigenvalue weighted by Crippen LogP contribution is 2.40. The number of nitrogens with zero attached hydrogens (tertiary/aromatic N) is 1. The van der Waals surface area contributed by atoms with Crippen molar-refractivity contribution in [1.82, 2.24) is 10.2 Å². The largest absolute Gasteiger partial charge is 0.478 e. The van der Waals surface area contributed by atoms with Crippen LogP contribution in [0, 0.1) is 0 Å². The summed E-state index contributed by atoms with van der Waals surface area (Å²) in [7, 11) is 0. The van der Waals surface area contributed by atoms with Gasteiger partial charge in [0.25, 0.3) is 5.91 Å². The molecule has 0 bridgehead atoms. The van der Waals surface area contributed by atoms with Crippen molar-refractivity contribution < 1.29 is 29.4 Å². The third kappa shape index (κ3) is 3.42. The number of β-lactam (4-membered cyclic amide) rings is 1. The number of benzene rings is 1. The minimum Gasteiger partial charge on any atom is -0.478 e. The van der Waals surface area contributed by atoms with Gasteiger partial charge in [-0.25, -0.2) is 9.59 Å². The Morgan fingerprint density at radius 3 is 2.50 bits per heavy atom. The second-order valence-electron chi connectivity index (χ2n) is 5.49. The molecule has 2 aliphatic heterocycles. The Kier molecular flexibility index (Phi) is 5.23. The normalized spacial score (nSPS) is 21.7. The fourth-order valence-corrected chi connectivity index (χ4v) is 4.73. The van der Waals surface area contributed by atoms with Crippen molar-refractivity contribution in [3.8, 4) is 0 Å². The van der Waals surface area contributed by atoms with Gasteiger partial charge in [-0.1, -0.05) is 18.2 Å². The summed E-state index contributed by atoms with van der Waals surface area (Å²) in [6.07, 6.45) is 0. The monoisotopic (exact) mass is 394 g/mol. The average molecular weight is 394 g/mol. The fourth-order valence-electron chi connectivity index (χ4n) is 2.66. The number of carbonyl (C=O) groups excluding carboxylic acids is 2. The molecule has 26 heavy (non-hydrogen) atoms. The summed E-state index contributed by atoms with van der Waals surface area (Å²) in [5, 5.41) is 20.4. The summed E-state index contributed by atoms with van der Waals surface area (Å²) in [4.78, 5) is 48.8. The lowest BCUT2D eigenvalue weighted by Gasteiger charge is -2.48. The molecule has 2 amide bonds. The Morgan fingerprint density at radius 1 is 1.19 bits per heavy atom. The maximum Gasteiger partial charge on any atom is 0.353 e. The Balaban J connectivity index is 1.64. The molecule has 2 aliphatic rings. The molecule has 1 aromatic rings. The summed E-state index contributed by atoms with van der Waals surface area (Å²) in [6.45, 7) is 0. The first-order valence-electron chi connectivity index (χ1n) is 7.51. The molecule has 10 heteroatoms. The molecule has 1 fully saturated rings. The van der Waals surface area contributed by atoms with Gasteiger partial charge in [0.2, 0.25) is 5.91 Å². The predicted molar refractivity (Wildman–Crippen MR) is 94.5 cm³/mol. The van der Waals surface area contributed by atoms with Crippen LogP contribution in [-0.4, -0.2) is 61.8 Å². The number of carboxylic acid groups (broad SMARTS) is 2. The van der Waals surface area contributed by atoms with E-state index >= 15 is 0 Å². The van der Waals surface area contributed by atoms with Crippen LogP contribution in [0.25, 0.3) is 0 Å². The van der Waals surface area contributed by atoms with Gasteiger partial charge in [-0.15, -0.1) is 23.5 Å². The van der Waals surface area contributed by atoms with Crippen LogP contribution in [0.3, 0.4) is 0 Å². The first-order valence-corrected chi connectivity index (χ1v) is 9.55. The Bertz CT molecular complexity index is 810. The maximum absolute atomic E-state index is 12.3. The average Bonchev–Trinajstić information content (AvgIpc) is 2.63. The Labute approximate surface area is 156 Å². The number of fused-ring (bicyclic) bond motifs is 1. The van der Waals surface area contributed by atoms with Gasteiger partial charge in [-0.05, 0) is 12.1 Å². The molecular weight excluding hydrogens is 380 g/mol. The summed E-state index contributed by atoms with van der Waals surface area (Å²) in [6, 6.07) is 8.45. The minimum atomic E-state index is -1.47. The lowest BCUT2D eigenvalue weighted by Crippen LogP contribution is -2.70.